The molecule has 1 aromatic heterocycles. The van der Waals surface area contributed by atoms with Crippen molar-refractivity contribution in [1.29, 1.82) is 0 Å². The second-order valence-electron chi connectivity index (χ2n) is 2.52. The molecule has 0 unspecified atom stereocenters. The average molecular weight is 361 g/mol. The Balaban J connectivity index is 0.000000211. The van der Waals surface area contributed by atoms with Crippen LogP contribution in [0.5, 0.6) is 0 Å². The van der Waals surface area contributed by atoms with Crippen molar-refractivity contribution < 1.29 is 0 Å². The monoisotopic (exact) mass is 362 g/mol. The second-order valence-corrected chi connectivity index (χ2v) is 16.6. The fraction of sp³-hybridized carbons (Fsp3) is 0.667. The van der Waals surface area contributed by atoms with Crippen LogP contribution in [0.1, 0.15) is 20.8 Å². The molecule has 1 aromatic rings. The van der Waals surface area contributed by atoms with E-state index in [0.29, 0.717) is 0 Å². The smallest absolute Gasteiger partial charge is 0.0843 e. The van der Waals surface area contributed by atoms with Crippen molar-refractivity contribution in [2.75, 3.05) is 0 Å². The van der Waals surface area contributed by atoms with E-state index in [0.717, 1.165) is 0 Å². The van der Waals surface area contributed by atoms with E-state index in [4.69, 9.17) is 0 Å². The summed E-state index contributed by atoms with van der Waals surface area (Å²) in [6.45, 7) is 7.07. The van der Waals surface area contributed by atoms with E-state index in [2.05, 4.69) is 30.7 Å². The third-order valence-electron chi connectivity index (χ3n) is 1.87. The van der Waals surface area contributed by atoms with Gasteiger partial charge in [-0.1, -0.05) is 18.7 Å². The van der Waals surface area contributed by atoms with Crippen molar-refractivity contribution in [1.82, 2.24) is 9.97 Å². The number of hydrogen-bond acceptors (Lipinski definition) is 1. The van der Waals surface area contributed by atoms with Gasteiger partial charge < -0.3 is 9.97 Å². The van der Waals surface area contributed by atoms with Gasteiger partial charge >= 0.3 is 55.4 Å². The van der Waals surface area contributed by atoms with Crippen molar-refractivity contribution in [2.45, 2.75) is 32.7 Å². The van der Waals surface area contributed by atoms with Crippen LogP contribution in [0.25, 0.3) is 0 Å². The normalized spacial score (nSPS) is 9.33. The van der Waals surface area contributed by atoms with Gasteiger partial charge in [0.1, 0.15) is 0 Å². The van der Waals surface area contributed by atoms with Crippen molar-refractivity contribution in [2.24, 2.45) is 0 Å². The molecule has 1 heterocycles. The molecule has 3 heteroatoms. The van der Waals surface area contributed by atoms with Gasteiger partial charge in [-0.05, 0) is 0 Å². The molecule has 0 saturated heterocycles. The second kappa shape index (κ2) is 9.22. The van der Waals surface area contributed by atoms with E-state index in [1.165, 1.54) is 6.33 Å². The SMILES string of the molecule is C[CH2][Pb]([CH2]C)[CH2]C.c1c[n-]cn1. The van der Waals surface area contributed by atoms with E-state index < -0.39 is 22.7 Å². The number of imidazole rings is 1. The summed E-state index contributed by atoms with van der Waals surface area (Å²) in [7, 11) is 0. The third kappa shape index (κ3) is 6.82. The minimum atomic E-state index is -0.789. The molecular formula is C9H18N2Pb-. The Morgan fingerprint density at radius 2 is 1.75 bits per heavy atom. The summed E-state index contributed by atoms with van der Waals surface area (Å²) in [5.41, 5.74) is 0. The molecule has 0 saturated carbocycles. The summed E-state index contributed by atoms with van der Waals surface area (Å²) < 4.78 is 4.70. The average Bonchev–Trinajstić information content (AvgIpc) is 2.64. The van der Waals surface area contributed by atoms with Crippen LogP contribution in [0.4, 0.5) is 0 Å². The number of hydrogen-bond donors (Lipinski definition) is 0. The minimum Gasteiger partial charge on any atom is -0.450 e. The maximum absolute atomic E-state index is 3.61. The van der Waals surface area contributed by atoms with Crippen molar-refractivity contribution in [3.63, 3.8) is 0 Å². The Morgan fingerprint density at radius 1 is 1.17 bits per heavy atom. The number of rotatable bonds is 3. The Morgan fingerprint density at radius 3 is 1.83 bits per heavy atom. The third-order valence-corrected chi connectivity index (χ3v) is 13.5. The van der Waals surface area contributed by atoms with E-state index in [1.807, 2.05) is 0 Å². The van der Waals surface area contributed by atoms with E-state index in [-0.39, 0.29) is 0 Å². The van der Waals surface area contributed by atoms with Gasteiger partial charge in [0.25, 0.3) is 0 Å². The Bertz CT molecular complexity index is 125. The summed E-state index contributed by atoms with van der Waals surface area (Å²) in [5.74, 6) is 0. The molecule has 0 fully saturated rings. The summed E-state index contributed by atoms with van der Waals surface area (Å²) in [6.07, 6.45) is 4.78. The molecule has 0 aliphatic carbocycles. The largest absolute Gasteiger partial charge is 0.450 e. The Labute approximate surface area is 83.9 Å². The van der Waals surface area contributed by atoms with Crippen LogP contribution in [-0.2, 0) is 0 Å². The van der Waals surface area contributed by atoms with Crippen molar-refractivity contribution in [3.05, 3.63) is 18.7 Å². The summed E-state index contributed by atoms with van der Waals surface area (Å²) in [5, 5.41) is 0. The quantitative estimate of drug-likeness (QED) is 0.774. The molecule has 0 amide bonds. The Kier molecular flexibility index (Phi) is 9.32. The maximum Gasteiger partial charge on any atom is -0.0843 e. The fourth-order valence-electron chi connectivity index (χ4n) is 0.942. The van der Waals surface area contributed by atoms with Crippen LogP contribution in [0.3, 0.4) is 0 Å². The van der Waals surface area contributed by atoms with Crippen LogP contribution in [-0.4, -0.2) is 27.7 Å². The summed E-state index contributed by atoms with van der Waals surface area (Å²) >= 11 is -0.789. The molecule has 0 bridgehead atoms. The molecule has 2 nitrogen and oxygen atoms in total. The van der Waals surface area contributed by atoms with Gasteiger partial charge in [0.15, 0.2) is 0 Å². The molecule has 0 aromatic carbocycles. The first-order valence-electron chi connectivity index (χ1n) is 4.55. The summed E-state index contributed by atoms with van der Waals surface area (Å²) in [6, 6.07) is 0. The van der Waals surface area contributed by atoms with Crippen molar-refractivity contribution in [3.8, 4) is 0 Å². The molecule has 1 rings (SSSR count). The number of aromatic nitrogens is 2. The van der Waals surface area contributed by atoms with Crippen LogP contribution >= 0.6 is 0 Å². The van der Waals surface area contributed by atoms with Crippen LogP contribution in [0.15, 0.2) is 18.7 Å². The van der Waals surface area contributed by atoms with Gasteiger partial charge in [0.2, 0.25) is 0 Å². The molecular weight excluding hydrogens is 343 g/mol. The van der Waals surface area contributed by atoms with Gasteiger partial charge in [0.05, 0.1) is 0 Å². The molecule has 0 atom stereocenters. The van der Waals surface area contributed by atoms with Gasteiger partial charge in [-0.3, -0.25) is 0 Å². The van der Waals surface area contributed by atoms with Gasteiger partial charge in [-0.2, -0.15) is 0 Å². The van der Waals surface area contributed by atoms with E-state index >= 15 is 0 Å². The first-order valence-corrected chi connectivity index (χ1v) is 12.8. The first kappa shape index (κ1) is 12.1. The van der Waals surface area contributed by atoms with Gasteiger partial charge in [-0.25, -0.2) is 0 Å². The molecule has 1 radical (unpaired) electrons. The molecule has 69 valence electrons. The fourth-order valence-corrected chi connectivity index (χ4v) is 6.77. The predicted molar refractivity (Wildman–Crippen MR) is 54.8 cm³/mol. The van der Waals surface area contributed by atoms with E-state index in [9.17, 15) is 0 Å². The minimum absolute atomic E-state index is 0.789. The standard InChI is InChI=1S/C3H3N2.3C2H5.Pb/c1-2-5-3-4-1;3*1-2;/h1-3H;3*1H2,2H3;/q-1;;;;. The molecule has 0 aliphatic heterocycles. The number of nitrogens with zero attached hydrogens (tertiary/aromatic N) is 2. The van der Waals surface area contributed by atoms with E-state index in [1.54, 1.807) is 24.3 Å². The van der Waals surface area contributed by atoms with Crippen LogP contribution in [0.2, 0.25) is 11.9 Å². The molecule has 0 N–H and O–H groups in total. The zero-order valence-corrected chi connectivity index (χ0v) is 12.1. The predicted octanol–water partition coefficient (Wildman–Crippen LogP) is 2.58. The summed E-state index contributed by atoms with van der Waals surface area (Å²) in [4.78, 5) is 7.22. The Hall–Kier alpha value is 0.132. The molecule has 0 spiro atoms. The van der Waals surface area contributed by atoms with Crippen LogP contribution in [0, 0.1) is 0 Å². The zero-order valence-electron chi connectivity index (χ0n) is 8.25. The van der Waals surface area contributed by atoms with Gasteiger partial charge in [0, 0.05) is 0 Å². The zero-order chi connectivity index (χ0) is 9.23. The van der Waals surface area contributed by atoms with Crippen LogP contribution < -0.4 is 4.98 Å². The maximum atomic E-state index is 3.61. The molecule has 12 heavy (non-hydrogen) atoms. The topological polar surface area (TPSA) is 27.0 Å². The van der Waals surface area contributed by atoms with Gasteiger partial charge in [-0.15, -0.1) is 0 Å². The van der Waals surface area contributed by atoms with Crippen molar-refractivity contribution >= 4 is 22.7 Å². The first-order chi connectivity index (χ1) is 5.85. The molecule has 0 aliphatic rings.